The molecule has 1 N–H and O–H groups in total. The first-order valence-corrected chi connectivity index (χ1v) is 7.97. The van der Waals surface area contributed by atoms with Crippen LogP contribution in [-0.2, 0) is 14.3 Å². The number of carbonyl (C=O) groups is 1. The average molecular weight is 305 g/mol. The maximum absolute atomic E-state index is 11.8. The lowest BCUT2D eigenvalue weighted by molar-refractivity contribution is -0.850. The normalized spacial score (nSPS) is 22.5. The summed E-state index contributed by atoms with van der Waals surface area (Å²) in [5.41, 5.74) is 2.10. The number of nitrogens with one attached hydrogen (secondary N) is 1. The number of hydrogen-bond acceptors (Lipinski definition) is 4. The van der Waals surface area contributed by atoms with Crippen LogP contribution in [0, 0.1) is 11.3 Å². The van der Waals surface area contributed by atoms with Crippen LogP contribution in [0.3, 0.4) is 0 Å². The second-order valence-electron chi connectivity index (χ2n) is 6.43. The SMILES string of the molecule is CCOC(=O)/C(C#N)=C\C1=C([NH+]2CCCC2)CC(C)(C)OC1. The van der Waals surface area contributed by atoms with Gasteiger partial charge in [-0.25, -0.2) is 4.79 Å². The van der Waals surface area contributed by atoms with Crippen molar-refractivity contribution >= 4 is 5.97 Å². The number of rotatable bonds is 4. The summed E-state index contributed by atoms with van der Waals surface area (Å²) in [6.45, 7) is 8.84. The molecule has 2 aliphatic heterocycles. The van der Waals surface area contributed by atoms with Crippen LogP contribution in [0.5, 0.6) is 0 Å². The maximum atomic E-state index is 11.8. The van der Waals surface area contributed by atoms with E-state index in [1.54, 1.807) is 13.0 Å². The highest BCUT2D eigenvalue weighted by Crippen LogP contribution is 2.27. The Hall–Kier alpha value is -1.64. The Labute approximate surface area is 132 Å². The molecule has 0 radical (unpaired) electrons. The summed E-state index contributed by atoms with van der Waals surface area (Å²) in [7, 11) is 0. The summed E-state index contributed by atoms with van der Waals surface area (Å²) in [4.78, 5) is 13.3. The first-order valence-electron chi connectivity index (χ1n) is 7.97. The van der Waals surface area contributed by atoms with E-state index in [4.69, 9.17) is 9.47 Å². The standard InChI is InChI=1S/C17H24N2O3/c1-4-21-16(20)13(11-18)9-14-12-22-17(2,3)10-15(14)19-7-5-6-8-19/h9H,4-8,10,12H2,1-3H3/p+1/b13-9-. The second-order valence-corrected chi connectivity index (χ2v) is 6.43. The minimum absolute atomic E-state index is 0.0521. The molecule has 0 amide bonds. The molecule has 0 saturated carbocycles. The molecule has 2 heterocycles. The Morgan fingerprint density at radius 3 is 2.73 bits per heavy atom. The van der Waals surface area contributed by atoms with E-state index < -0.39 is 5.97 Å². The van der Waals surface area contributed by atoms with Gasteiger partial charge in [0.1, 0.15) is 17.3 Å². The van der Waals surface area contributed by atoms with E-state index in [-0.39, 0.29) is 17.8 Å². The molecule has 0 aromatic carbocycles. The molecule has 0 aromatic heterocycles. The Kier molecular flexibility index (Phi) is 5.38. The number of esters is 1. The smallest absolute Gasteiger partial charge is 0.348 e. The number of hydrogen-bond donors (Lipinski definition) is 1. The van der Waals surface area contributed by atoms with Gasteiger partial charge in [0.25, 0.3) is 0 Å². The Balaban J connectivity index is 2.34. The zero-order valence-corrected chi connectivity index (χ0v) is 13.7. The molecular weight excluding hydrogens is 280 g/mol. The van der Waals surface area contributed by atoms with Gasteiger partial charge in [0.05, 0.1) is 38.3 Å². The molecule has 0 unspecified atom stereocenters. The van der Waals surface area contributed by atoms with Crippen LogP contribution in [0.25, 0.3) is 0 Å². The lowest BCUT2D eigenvalue weighted by atomic mass is 9.94. The van der Waals surface area contributed by atoms with Gasteiger partial charge in [-0.1, -0.05) is 0 Å². The van der Waals surface area contributed by atoms with Crippen LogP contribution in [-0.4, -0.2) is 37.9 Å². The number of nitrogens with zero attached hydrogens (tertiary/aromatic N) is 1. The quantitative estimate of drug-likeness (QED) is 0.480. The van der Waals surface area contributed by atoms with Crippen molar-refractivity contribution in [3.05, 3.63) is 22.9 Å². The third kappa shape index (κ3) is 3.96. The fraction of sp³-hybridized carbons (Fsp3) is 0.647. The van der Waals surface area contributed by atoms with Gasteiger partial charge >= 0.3 is 5.97 Å². The number of quaternary nitrogens is 1. The predicted molar refractivity (Wildman–Crippen MR) is 81.9 cm³/mol. The summed E-state index contributed by atoms with van der Waals surface area (Å²) in [5, 5.41) is 9.22. The van der Waals surface area contributed by atoms with E-state index >= 15 is 0 Å². The maximum Gasteiger partial charge on any atom is 0.348 e. The third-order valence-corrected chi connectivity index (χ3v) is 4.18. The van der Waals surface area contributed by atoms with E-state index in [0.717, 1.165) is 25.1 Å². The van der Waals surface area contributed by atoms with Gasteiger partial charge in [-0.15, -0.1) is 0 Å². The van der Waals surface area contributed by atoms with Gasteiger partial charge in [0.15, 0.2) is 0 Å². The predicted octanol–water partition coefficient (Wildman–Crippen LogP) is 1.13. The highest BCUT2D eigenvalue weighted by molar-refractivity contribution is 5.93. The molecule has 0 atom stereocenters. The molecule has 0 spiro atoms. The van der Waals surface area contributed by atoms with Crippen molar-refractivity contribution in [2.45, 2.75) is 45.6 Å². The number of carbonyl (C=O) groups excluding carboxylic acids is 1. The molecule has 0 aromatic rings. The fourth-order valence-corrected chi connectivity index (χ4v) is 3.05. The molecule has 2 rings (SSSR count). The minimum Gasteiger partial charge on any atom is -0.462 e. The molecule has 5 nitrogen and oxygen atoms in total. The second kappa shape index (κ2) is 7.08. The topological polar surface area (TPSA) is 63.8 Å². The Morgan fingerprint density at radius 1 is 1.45 bits per heavy atom. The van der Waals surface area contributed by atoms with Crippen molar-refractivity contribution < 1.29 is 19.2 Å². The van der Waals surface area contributed by atoms with Gasteiger partial charge in [-0.2, -0.15) is 5.26 Å². The van der Waals surface area contributed by atoms with Crippen LogP contribution in [0.15, 0.2) is 22.9 Å². The Bertz CT molecular complexity index is 535. The third-order valence-electron chi connectivity index (χ3n) is 4.18. The summed E-state index contributed by atoms with van der Waals surface area (Å²) < 4.78 is 10.8. The zero-order valence-electron chi connectivity index (χ0n) is 13.7. The number of nitriles is 1. The zero-order chi connectivity index (χ0) is 16.2. The van der Waals surface area contributed by atoms with E-state index in [2.05, 4.69) is 13.8 Å². The van der Waals surface area contributed by atoms with Crippen LogP contribution in [0.1, 0.15) is 40.0 Å². The Morgan fingerprint density at radius 2 is 2.14 bits per heavy atom. The van der Waals surface area contributed by atoms with Gasteiger partial charge in [0.2, 0.25) is 0 Å². The van der Waals surface area contributed by atoms with Crippen molar-refractivity contribution in [3.63, 3.8) is 0 Å². The largest absolute Gasteiger partial charge is 0.462 e. The van der Waals surface area contributed by atoms with Gasteiger partial charge in [-0.3, -0.25) is 0 Å². The highest BCUT2D eigenvalue weighted by Gasteiger charge is 2.34. The van der Waals surface area contributed by atoms with E-state index in [1.165, 1.54) is 23.4 Å². The van der Waals surface area contributed by atoms with Crippen LogP contribution in [0.2, 0.25) is 0 Å². The van der Waals surface area contributed by atoms with Crippen LogP contribution < -0.4 is 4.90 Å². The first kappa shape index (κ1) is 16.7. The number of likely N-dealkylation sites (tertiary alicyclic amines) is 1. The van der Waals surface area contributed by atoms with Crippen molar-refractivity contribution in [3.8, 4) is 6.07 Å². The van der Waals surface area contributed by atoms with Crippen molar-refractivity contribution in [1.82, 2.24) is 0 Å². The van der Waals surface area contributed by atoms with Crippen molar-refractivity contribution in [2.75, 3.05) is 26.3 Å². The molecule has 120 valence electrons. The van der Waals surface area contributed by atoms with Gasteiger partial charge < -0.3 is 14.4 Å². The summed E-state index contributed by atoms with van der Waals surface area (Å²) in [5.74, 6) is -0.557. The molecule has 2 aliphatic rings. The summed E-state index contributed by atoms with van der Waals surface area (Å²) >= 11 is 0. The molecule has 22 heavy (non-hydrogen) atoms. The fourth-order valence-electron chi connectivity index (χ4n) is 3.05. The summed E-state index contributed by atoms with van der Waals surface area (Å²) in [6.07, 6.45) is 4.93. The highest BCUT2D eigenvalue weighted by atomic mass is 16.5. The molecule has 5 heteroatoms. The van der Waals surface area contributed by atoms with E-state index in [1.807, 2.05) is 6.07 Å². The molecular formula is C17H25N2O3+. The van der Waals surface area contributed by atoms with Crippen LogP contribution >= 0.6 is 0 Å². The molecule has 1 fully saturated rings. The number of ether oxygens (including phenoxy) is 2. The van der Waals surface area contributed by atoms with Gasteiger partial charge in [-0.05, 0) is 26.8 Å². The first-order chi connectivity index (χ1) is 10.5. The molecule has 1 saturated heterocycles. The van der Waals surface area contributed by atoms with E-state index in [9.17, 15) is 10.1 Å². The molecule has 0 bridgehead atoms. The lowest BCUT2D eigenvalue weighted by Crippen LogP contribution is -3.08. The van der Waals surface area contributed by atoms with E-state index in [0.29, 0.717) is 6.61 Å². The molecule has 0 aliphatic carbocycles. The van der Waals surface area contributed by atoms with Crippen LogP contribution in [0.4, 0.5) is 0 Å². The average Bonchev–Trinajstić information content (AvgIpc) is 2.99. The lowest BCUT2D eigenvalue weighted by Gasteiger charge is -2.34. The minimum atomic E-state index is -0.557. The van der Waals surface area contributed by atoms with Crippen molar-refractivity contribution in [2.24, 2.45) is 0 Å². The summed E-state index contributed by atoms with van der Waals surface area (Å²) in [6, 6.07) is 1.95. The monoisotopic (exact) mass is 305 g/mol. The van der Waals surface area contributed by atoms with Crippen molar-refractivity contribution in [1.29, 1.82) is 5.26 Å². The van der Waals surface area contributed by atoms with Gasteiger partial charge in [0, 0.05) is 18.4 Å².